The molecule has 3 N–H and O–H groups in total. The van der Waals surface area contributed by atoms with E-state index < -0.39 is 16.0 Å². The van der Waals surface area contributed by atoms with Gasteiger partial charge in [0.25, 0.3) is 0 Å². The van der Waals surface area contributed by atoms with Crippen molar-refractivity contribution in [3.63, 3.8) is 0 Å². The summed E-state index contributed by atoms with van der Waals surface area (Å²) in [6.45, 7) is 4.55. The Labute approximate surface area is 124 Å². The number of hydrogen-bond donors (Lipinski definition) is 2. The summed E-state index contributed by atoms with van der Waals surface area (Å²) < 4.78 is 31.9. The fourth-order valence-corrected chi connectivity index (χ4v) is 3.52. The van der Waals surface area contributed by atoms with Gasteiger partial charge >= 0.3 is 5.97 Å². The normalized spacial score (nSPS) is 20.0. The van der Waals surface area contributed by atoms with Gasteiger partial charge in [0.1, 0.15) is 0 Å². The molecule has 0 spiro atoms. The van der Waals surface area contributed by atoms with Gasteiger partial charge in [-0.3, -0.25) is 0 Å². The minimum Gasteiger partial charge on any atom is -0.465 e. The van der Waals surface area contributed by atoms with Crippen molar-refractivity contribution < 1.29 is 17.9 Å². The molecule has 0 amide bonds. The number of benzene rings is 1. The van der Waals surface area contributed by atoms with E-state index in [-0.39, 0.29) is 15.9 Å². The first-order valence-corrected chi connectivity index (χ1v) is 8.13. The highest BCUT2D eigenvalue weighted by Crippen LogP contribution is 2.51. The van der Waals surface area contributed by atoms with Crippen molar-refractivity contribution in [2.75, 3.05) is 19.4 Å². The van der Waals surface area contributed by atoms with E-state index in [4.69, 9.17) is 5.73 Å². The zero-order valence-corrected chi connectivity index (χ0v) is 13.2. The predicted octanol–water partition coefficient (Wildman–Crippen LogP) is 1.38. The summed E-state index contributed by atoms with van der Waals surface area (Å²) in [7, 11) is -2.58. The third kappa shape index (κ3) is 3.36. The molecule has 1 aliphatic carbocycles. The van der Waals surface area contributed by atoms with E-state index in [0.29, 0.717) is 18.2 Å². The maximum atomic E-state index is 12.4. The third-order valence-electron chi connectivity index (χ3n) is 3.94. The molecule has 6 nitrogen and oxygen atoms in total. The van der Waals surface area contributed by atoms with E-state index in [1.165, 1.54) is 25.3 Å². The van der Waals surface area contributed by atoms with Crippen LogP contribution in [0.4, 0.5) is 5.69 Å². The quantitative estimate of drug-likeness (QED) is 0.632. The van der Waals surface area contributed by atoms with Gasteiger partial charge in [-0.15, -0.1) is 0 Å². The Morgan fingerprint density at radius 3 is 2.62 bits per heavy atom. The second kappa shape index (κ2) is 5.31. The fraction of sp³-hybridized carbons (Fsp3) is 0.500. The van der Waals surface area contributed by atoms with Gasteiger partial charge in [0.05, 0.1) is 17.6 Å². The van der Waals surface area contributed by atoms with Crippen LogP contribution in [0, 0.1) is 11.3 Å². The van der Waals surface area contributed by atoms with Crippen LogP contribution in [-0.2, 0) is 14.8 Å². The lowest BCUT2D eigenvalue weighted by atomic mass is 10.1. The number of rotatable bonds is 5. The van der Waals surface area contributed by atoms with E-state index in [1.807, 2.05) is 0 Å². The highest BCUT2D eigenvalue weighted by Gasteiger charge is 2.45. The molecule has 1 aromatic rings. The van der Waals surface area contributed by atoms with Crippen LogP contribution in [0.25, 0.3) is 0 Å². The van der Waals surface area contributed by atoms with E-state index >= 15 is 0 Å². The van der Waals surface area contributed by atoms with Crippen LogP contribution in [0.5, 0.6) is 0 Å². The number of nitrogens with two attached hydrogens (primary N) is 1. The average molecular weight is 312 g/mol. The molecule has 21 heavy (non-hydrogen) atoms. The minimum atomic E-state index is -3.77. The molecular formula is C14H20N2O4S. The van der Waals surface area contributed by atoms with Crippen LogP contribution in [-0.4, -0.2) is 28.0 Å². The number of nitrogens with one attached hydrogen (secondary N) is 1. The van der Waals surface area contributed by atoms with Crippen LogP contribution in [0.2, 0.25) is 0 Å². The van der Waals surface area contributed by atoms with Crippen LogP contribution in [0.15, 0.2) is 23.1 Å². The Morgan fingerprint density at radius 1 is 1.48 bits per heavy atom. The lowest BCUT2D eigenvalue weighted by molar-refractivity contribution is 0.0596. The minimum absolute atomic E-state index is 0.0555. The van der Waals surface area contributed by atoms with Gasteiger partial charge in [0.15, 0.2) is 0 Å². The largest absolute Gasteiger partial charge is 0.465 e. The summed E-state index contributed by atoms with van der Waals surface area (Å²) in [4.78, 5) is 11.6. The number of carbonyl (C=O) groups excluding carboxylic acids is 1. The topological polar surface area (TPSA) is 98.5 Å². The number of carbonyl (C=O) groups is 1. The van der Waals surface area contributed by atoms with Gasteiger partial charge in [-0.1, -0.05) is 13.8 Å². The molecule has 0 aliphatic heterocycles. The van der Waals surface area contributed by atoms with Gasteiger partial charge < -0.3 is 10.5 Å². The van der Waals surface area contributed by atoms with Crippen LogP contribution in [0.1, 0.15) is 30.6 Å². The Balaban J connectivity index is 2.25. The fourth-order valence-electron chi connectivity index (χ4n) is 2.26. The third-order valence-corrected chi connectivity index (χ3v) is 5.42. The molecular weight excluding hydrogens is 292 g/mol. The molecule has 0 bridgehead atoms. The molecule has 7 heteroatoms. The molecule has 116 valence electrons. The summed E-state index contributed by atoms with van der Waals surface area (Å²) >= 11 is 0. The van der Waals surface area contributed by atoms with Gasteiger partial charge in [-0.05, 0) is 36.0 Å². The van der Waals surface area contributed by atoms with Gasteiger partial charge in [0, 0.05) is 12.2 Å². The molecule has 1 fully saturated rings. The Hall–Kier alpha value is -1.60. The first-order valence-electron chi connectivity index (χ1n) is 6.65. The summed E-state index contributed by atoms with van der Waals surface area (Å²) in [5.74, 6) is -0.405. The van der Waals surface area contributed by atoms with Crippen molar-refractivity contribution in [3.05, 3.63) is 23.8 Å². The lowest BCUT2D eigenvalue weighted by Gasteiger charge is -2.11. The molecule has 1 aliphatic rings. The summed E-state index contributed by atoms with van der Waals surface area (Å²) in [6, 6.07) is 4.07. The van der Waals surface area contributed by atoms with E-state index in [2.05, 4.69) is 23.3 Å². The maximum Gasteiger partial charge on any atom is 0.339 e. The Bertz CT molecular complexity index is 668. The molecule has 0 radical (unpaired) electrons. The number of ether oxygens (including phenoxy) is 1. The smallest absolute Gasteiger partial charge is 0.339 e. The van der Waals surface area contributed by atoms with Crippen LogP contribution in [0.3, 0.4) is 0 Å². The summed E-state index contributed by atoms with van der Waals surface area (Å²) in [5.41, 5.74) is 6.03. The first kappa shape index (κ1) is 15.8. The van der Waals surface area contributed by atoms with Gasteiger partial charge in [-0.2, -0.15) is 0 Å². The van der Waals surface area contributed by atoms with Crippen LogP contribution < -0.4 is 10.5 Å². The second-order valence-electron chi connectivity index (χ2n) is 5.99. The average Bonchev–Trinajstić information content (AvgIpc) is 3.03. The number of nitrogen functional groups attached to an aromatic ring is 1. The molecule has 1 atom stereocenters. The summed E-state index contributed by atoms with van der Waals surface area (Å²) in [5, 5.41) is 0. The Morgan fingerprint density at radius 2 is 2.10 bits per heavy atom. The van der Waals surface area contributed by atoms with Crippen molar-refractivity contribution in [3.8, 4) is 0 Å². The highest BCUT2D eigenvalue weighted by molar-refractivity contribution is 7.89. The van der Waals surface area contributed by atoms with Crippen LogP contribution >= 0.6 is 0 Å². The zero-order valence-electron chi connectivity index (χ0n) is 12.3. The van der Waals surface area contributed by atoms with Crippen molar-refractivity contribution in [1.82, 2.24) is 4.72 Å². The van der Waals surface area contributed by atoms with Crippen molar-refractivity contribution in [2.45, 2.75) is 25.2 Å². The number of sulfonamides is 1. The Kier molecular flexibility index (Phi) is 3.99. The maximum absolute atomic E-state index is 12.4. The molecule has 1 saturated carbocycles. The second-order valence-corrected chi connectivity index (χ2v) is 7.72. The predicted molar refractivity (Wildman–Crippen MR) is 79.3 cm³/mol. The van der Waals surface area contributed by atoms with Crippen molar-refractivity contribution in [1.29, 1.82) is 0 Å². The SMILES string of the molecule is COC(=O)c1cc(N)ccc1S(=O)(=O)NCC1CC1(C)C. The van der Waals surface area contributed by atoms with Gasteiger partial charge in [0.2, 0.25) is 10.0 Å². The highest BCUT2D eigenvalue weighted by atomic mass is 32.2. The number of hydrogen-bond acceptors (Lipinski definition) is 5. The molecule has 0 saturated heterocycles. The molecule has 1 unspecified atom stereocenters. The number of methoxy groups -OCH3 is 1. The summed E-state index contributed by atoms with van der Waals surface area (Å²) in [6.07, 6.45) is 0.987. The monoisotopic (exact) mass is 312 g/mol. The van der Waals surface area contributed by atoms with E-state index in [1.54, 1.807) is 0 Å². The zero-order chi connectivity index (χ0) is 15.8. The number of anilines is 1. The van der Waals surface area contributed by atoms with Crippen molar-refractivity contribution in [2.24, 2.45) is 11.3 Å². The first-order chi connectivity index (χ1) is 9.67. The number of esters is 1. The lowest BCUT2D eigenvalue weighted by Crippen LogP contribution is -2.28. The van der Waals surface area contributed by atoms with Gasteiger partial charge in [-0.25, -0.2) is 17.9 Å². The molecule has 1 aromatic carbocycles. The van der Waals surface area contributed by atoms with E-state index in [9.17, 15) is 13.2 Å². The standard InChI is InChI=1S/C14H20N2O4S/c1-14(2)7-9(14)8-16-21(18,19)12-5-4-10(15)6-11(12)13(17)20-3/h4-6,9,16H,7-8,15H2,1-3H3. The van der Waals surface area contributed by atoms with Crippen molar-refractivity contribution >= 4 is 21.7 Å². The van der Waals surface area contributed by atoms with E-state index in [0.717, 1.165) is 6.42 Å². The molecule has 2 rings (SSSR count). The molecule has 0 aromatic heterocycles. The molecule has 0 heterocycles.